The first-order valence-corrected chi connectivity index (χ1v) is 10.7. The van der Waals surface area contributed by atoms with E-state index in [-0.39, 0.29) is 25.5 Å². The zero-order valence-electron chi connectivity index (χ0n) is 18.1. The maximum atomic E-state index is 13.0. The number of aliphatic carboxylic acids is 1. The second kappa shape index (κ2) is 9.59. The van der Waals surface area contributed by atoms with Crippen molar-refractivity contribution >= 4 is 12.1 Å². The molecule has 0 bridgehead atoms. The van der Waals surface area contributed by atoms with Gasteiger partial charge in [0.1, 0.15) is 13.2 Å². The van der Waals surface area contributed by atoms with Crippen LogP contribution in [-0.2, 0) is 22.1 Å². The predicted octanol–water partition coefficient (Wildman–Crippen LogP) is 5.58. The maximum Gasteiger partial charge on any atom is 0.416 e. The zero-order chi connectivity index (χ0) is 24.3. The lowest BCUT2D eigenvalue weighted by Gasteiger charge is -2.22. The third-order valence-corrected chi connectivity index (χ3v) is 5.85. The van der Waals surface area contributed by atoms with Crippen LogP contribution in [0.15, 0.2) is 72.8 Å². The summed E-state index contributed by atoms with van der Waals surface area (Å²) in [5.74, 6) is -1.43. The van der Waals surface area contributed by atoms with Crippen molar-refractivity contribution in [2.45, 2.75) is 18.5 Å². The van der Waals surface area contributed by atoms with Crippen LogP contribution >= 0.6 is 0 Å². The van der Waals surface area contributed by atoms with Crippen molar-refractivity contribution < 1.29 is 32.6 Å². The van der Waals surface area contributed by atoms with Gasteiger partial charge in [-0.2, -0.15) is 13.2 Å². The van der Waals surface area contributed by atoms with Crippen LogP contribution < -0.4 is 0 Å². The highest BCUT2D eigenvalue weighted by molar-refractivity contribution is 5.79. The molecule has 0 unspecified atom stereocenters. The number of hydrogen-bond acceptors (Lipinski definition) is 3. The van der Waals surface area contributed by atoms with Gasteiger partial charge in [-0.3, -0.25) is 9.69 Å². The molecule has 0 aliphatic heterocycles. The van der Waals surface area contributed by atoms with E-state index < -0.39 is 30.3 Å². The molecule has 5 nitrogen and oxygen atoms in total. The highest BCUT2D eigenvalue weighted by Crippen LogP contribution is 2.44. The van der Waals surface area contributed by atoms with Gasteiger partial charge in [-0.05, 0) is 40.3 Å². The Morgan fingerprint density at radius 1 is 0.912 bits per heavy atom. The first-order chi connectivity index (χ1) is 16.2. The Morgan fingerprint density at radius 3 is 2.12 bits per heavy atom. The van der Waals surface area contributed by atoms with E-state index in [4.69, 9.17) is 4.74 Å². The van der Waals surface area contributed by atoms with Crippen LogP contribution in [0.5, 0.6) is 0 Å². The van der Waals surface area contributed by atoms with Gasteiger partial charge in [0.2, 0.25) is 0 Å². The third kappa shape index (κ3) is 5.06. The van der Waals surface area contributed by atoms with Crippen molar-refractivity contribution in [3.8, 4) is 11.1 Å². The van der Waals surface area contributed by atoms with Crippen molar-refractivity contribution in [1.82, 2.24) is 4.90 Å². The van der Waals surface area contributed by atoms with Crippen LogP contribution in [-0.4, -0.2) is 41.8 Å². The monoisotopic (exact) mass is 469 g/mol. The van der Waals surface area contributed by atoms with Gasteiger partial charge < -0.3 is 9.84 Å². The number of carbonyl (C=O) groups excluding carboxylic acids is 1. The summed E-state index contributed by atoms with van der Waals surface area (Å²) in [6, 6.07) is 20.4. The van der Waals surface area contributed by atoms with Crippen LogP contribution in [0.3, 0.4) is 0 Å². The lowest BCUT2D eigenvalue weighted by molar-refractivity contribution is -0.138. The van der Waals surface area contributed by atoms with Crippen molar-refractivity contribution in [3.63, 3.8) is 0 Å². The topological polar surface area (TPSA) is 66.8 Å². The van der Waals surface area contributed by atoms with E-state index in [0.717, 1.165) is 39.3 Å². The van der Waals surface area contributed by atoms with E-state index >= 15 is 0 Å². The summed E-state index contributed by atoms with van der Waals surface area (Å²) >= 11 is 0. The highest BCUT2D eigenvalue weighted by atomic mass is 19.4. The quantitative estimate of drug-likeness (QED) is 0.490. The fourth-order valence-electron chi connectivity index (χ4n) is 4.25. The maximum absolute atomic E-state index is 13.0. The summed E-state index contributed by atoms with van der Waals surface area (Å²) in [5, 5.41) is 9.22. The van der Waals surface area contributed by atoms with Crippen LogP contribution in [0.4, 0.5) is 18.0 Å². The number of amides is 1. The number of carboxylic acids is 1. The number of carboxylic acid groups (broad SMARTS) is 1. The number of rotatable bonds is 7. The molecule has 0 spiro atoms. The smallest absolute Gasteiger partial charge is 0.416 e. The largest absolute Gasteiger partial charge is 0.480 e. The Kier molecular flexibility index (Phi) is 6.58. The number of ether oxygens (including phenoxy) is 1. The zero-order valence-corrected chi connectivity index (χ0v) is 18.1. The van der Waals surface area contributed by atoms with Crippen molar-refractivity contribution in [2.75, 3.05) is 19.7 Å². The average Bonchev–Trinajstić information content (AvgIpc) is 3.13. The second-order valence-corrected chi connectivity index (χ2v) is 8.07. The molecule has 3 aromatic rings. The molecule has 0 heterocycles. The molecule has 0 saturated heterocycles. The van der Waals surface area contributed by atoms with E-state index in [1.165, 1.54) is 12.1 Å². The van der Waals surface area contributed by atoms with E-state index in [9.17, 15) is 27.9 Å². The summed E-state index contributed by atoms with van der Waals surface area (Å²) in [7, 11) is 0. The number of fused-ring (bicyclic) bond motifs is 3. The van der Waals surface area contributed by atoms with Gasteiger partial charge in [0.15, 0.2) is 0 Å². The molecule has 8 heteroatoms. The van der Waals surface area contributed by atoms with Crippen LogP contribution in [0.2, 0.25) is 0 Å². The molecule has 3 aromatic carbocycles. The Hall–Kier alpha value is -3.81. The first kappa shape index (κ1) is 23.4. The van der Waals surface area contributed by atoms with E-state index in [1.54, 1.807) is 0 Å². The minimum absolute atomic E-state index is 0.0204. The Morgan fingerprint density at radius 2 is 1.53 bits per heavy atom. The molecule has 0 fully saturated rings. The fourth-order valence-corrected chi connectivity index (χ4v) is 4.25. The van der Waals surface area contributed by atoms with Gasteiger partial charge in [0.25, 0.3) is 0 Å². The number of halogens is 3. The van der Waals surface area contributed by atoms with Crippen LogP contribution in [0.25, 0.3) is 11.1 Å². The summed E-state index contributed by atoms with van der Waals surface area (Å²) in [5.41, 5.74) is 3.71. The summed E-state index contributed by atoms with van der Waals surface area (Å²) in [4.78, 5) is 25.1. The molecular formula is C26H22F3NO4. The molecule has 1 aliphatic carbocycles. The van der Waals surface area contributed by atoms with Gasteiger partial charge in [0.05, 0.1) is 5.56 Å². The number of alkyl halides is 3. The van der Waals surface area contributed by atoms with Crippen LogP contribution in [0.1, 0.15) is 28.2 Å². The van der Waals surface area contributed by atoms with Gasteiger partial charge in [0, 0.05) is 12.5 Å². The SMILES string of the molecule is O=C(O)CN(CCc1cccc(C(F)(F)F)c1)C(=O)OCC1c2ccccc2-c2ccccc21. The normalized spacial score (nSPS) is 12.7. The predicted molar refractivity (Wildman–Crippen MR) is 119 cm³/mol. The average molecular weight is 469 g/mol. The fraction of sp³-hybridized carbons (Fsp3) is 0.231. The van der Waals surface area contributed by atoms with Crippen molar-refractivity contribution in [1.29, 1.82) is 0 Å². The summed E-state index contributed by atoms with van der Waals surface area (Å²) in [6.45, 7) is -0.688. The molecule has 0 radical (unpaired) electrons. The van der Waals surface area contributed by atoms with E-state index in [0.29, 0.717) is 5.56 Å². The number of hydrogen-bond donors (Lipinski definition) is 1. The minimum atomic E-state index is -4.48. The molecular weight excluding hydrogens is 447 g/mol. The summed E-state index contributed by atoms with van der Waals surface area (Å²) < 4.78 is 44.4. The molecule has 0 aromatic heterocycles. The standard InChI is InChI=1S/C26H22F3NO4/c27-26(28,29)18-7-5-6-17(14-18)12-13-30(15-24(31)32)25(33)34-16-23-21-10-3-1-8-19(21)20-9-2-4-11-22(20)23/h1-11,14,23H,12-13,15-16H2,(H,31,32). The third-order valence-electron chi connectivity index (χ3n) is 5.85. The van der Waals surface area contributed by atoms with Crippen molar-refractivity contribution in [2.24, 2.45) is 0 Å². The van der Waals surface area contributed by atoms with E-state index in [1.807, 2.05) is 48.5 Å². The van der Waals surface area contributed by atoms with Gasteiger partial charge >= 0.3 is 18.2 Å². The Labute approximate surface area is 194 Å². The molecule has 1 aliphatic rings. The van der Waals surface area contributed by atoms with E-state index in [2.05, 4.69) is 0 Å². The Balaban J connectivity index is 1.45. The highest BCUT2D eigenvalue weighted by Gasteiger charge is 2.31. The van der Waals surface area contributed by atoms with Gasteiger partial charge in [-0.1, -0.05) is 66.7 Å². The van der Waals surface area contributed by atoms with Crippen LogP contribution in [0, 0.1) is 0 Å². The first-order valence-electron chi connectivity index (χ1n) is 10.7. The number of carbonyl (C=O) groups is 2. The molecule has 0 atom stereocenters. The minimum Gasteiger partial charge on any atom is -0.480 e. The lowest BCUT2D eigenvalue weighted by Crippen LogP contribution is -2.38. The molecule has 1 amide bonds. The van der Waals surface area contributed by atoms with Crippen molar-refractivity contribution in [3.05, 3.63) is 95.1 Å². The molecule has 1 N–H and O–H groups in total. The van der Waals surface area contributed by atoms with Gasteiger partial charge in [-0.25, -0.2) is 4.79 Å². The molecule has 0 saturated carbocycles. The number of benzene rings is 3. The molecule has 176 valence electrons. The Bertz CT molecular complexity index is 1160. The summed E-state index contributed by atoms with van der Waals surface area (Å²) in [6.07, 6.45) is -5.25. The molecule has 4 rings (SSSR count). The lowest BCUT2D eigenvalue weighted by atomic mass is 9.98. The second-order valence-electron chi connectivity index (χ2n) is 8.07. The number of nitrogens with zero attached hydrogens (tertiary/aromatic N) is 1. The van der Waals surface area contributed by atoms with Gasteiger partial charge in [-0.15, -0.1) is 0 Å². The molecule has 34 heavy (non-hydrogen) atoms.